The number of carboxylic acids is 1. The first kappa shape index (κ1) is 17.6. The minimum absolute atomic E-state index is 0.0972. The molecule has 0 aliphatic heterocycles. The molecule has 1 amide bonds. The highest BCUT2D eigenvalue weighted by Crippen LogP contribution is 1.43. The Labute approximate surface area is 74.9 Å². The Kier molecular flexibility index (Phi) is 23.0. The molecule has 0 radical (unpaired) electrons. The molecular formula is C5H15N3O5. The number of aliphatic carboxylic acids is 1. The fourth-order valence-corrected chi connectivity index (χ4v) is 0. The summed E-state index contributed by atoms with van der Waals surface area (Å²) in [7, 11) is 0. The molecule has 0 aromatic heterocycles. The smallest absolute Gasteiger partial charge is 0.402 e. The van der Waals surface area contributed by atoms with E-state index in [-0.39, 0.29) is 13.2 Å². The van der Waals surface area contributed by atoms with Crippen LogP contribution in [0.15, 0.2) is 0 Å². The Bertz CT molecular complexity index is 123. The van der Waals surface area contributed by atoms with Gasteiger partial charge < -0.3 is 32.5 Å². The lowest BCUT2D eigenvalue weighted by molar-refractivity contribution is -0.135. The normalized spacial score (nSPS) is 7.00. The van der Waals surface area contributed by atoms with E-state index in [0.29, 0.717) is 6.54 Å². The molecule has 13 heavy (non-hydrogen) atoms. The van der Waals surface area contributed by atoms with Gasteiger partial charge in [-0.3, -0.25) is 4.79 Å². The maximum absolute atomic E-state index is 9.24. The zero-order valence-corrected chi connectivity index (χ0v) is 7.01. The van der Waals surface area contributed by atoms with Crippen LogP contribution < -0.4 is 17.2 Å². The molecule has 0 atom stereocenters. The van der Waals surface area contributed by atoms with Gasteiger partial charge in [-0.15, -0.1) is 0 Å². The van der Waals surface area contributed by atoms with Crippen LogP contribution in [0, 0.1) is 0 Å². The number of aliphatic hydroxyl groups excluding tert-OH is 1. The van der Waals surface area contributed by atoms with E-state index in [1.54, 1.807) is 0 Å². The lowest BCUT2D eigenvalue weighted by Gasteiger charge is -1.73. The fourth-order valence-electron chi connectivity index (χ4n) is 0. The number of carbonyl (C=O) groups is 2. The molecule has 0 spiro atoms. The van der Waals surface area contributed by atoms with Crippen LogP contribution in [-0.2, 0) is 4.79 Å². The van der Waals surface area contributed by atoms with Gasteiger partial charge in [-0.2, -0.15) is 0 Å². The predicted molar refractivity (Wildman–Crippen MR) is 45.0 cm³/mol. The van der Waals surface area contributed by atoms with Gasteiger partial charge in [-0.05, 0) is 0 Å². The number of primary amides is 1. The van der Waals surface area contributed by atoms with Gasteiger partial charge >= 0.3 is 12.1 Å². The molecule has 0 saturated heterocycles. The molecule has 0 aliphatic carbocycles. The lowest BCUT2D eigenvalue weighted by Crippen LogP contribution is -2.10. The van der Waals surface area contributed by atoms with Gasteiger partial charge in [0.25, 0.3) is 0 Å². The van der Waals surface area contributed by atoms with Crippen molar-refractivity contribution in [3.05, 3.63) is 0 Å². The number of amides is 1. The summed E-state index contributed by atoms with van der Waals surface area (Å²) in [5.74, 6) is -0.968. The highest BCUT2D eigenvalue weighted by atomic mass is 16.4. The third kappa shape index (κ3) is 301. The van der Waals surface area contributed by atoms with Crippen molar-refractivity contribution >= 4 is 12.1 Å². The first-order chi connectivity index (χ1) is 5.92. The van der Waals surface area contributed by atoms with Crippen molar-refractivity contribution in [2.75, 3.05) is 19.7 Å². The molecule has 0 fully saturated rings. The monoisotopic (exact) mass is 197 g/mol. The Morgan fingerprint density at radius 1 is 1.15 bits per heavy atom. The van der Waals surface area contributed by atoms with E-state index in [1.807, 2.05) is 0 Å². The van der Waals surface area contributed by atoms with Crippen LogP contribution in [0.1, 0.15) is 0 Å². The van der Waals surface area contributed by atoms with Crippen molar-refractivity contribution < 1.29 is 24.9 Å². The Morgan fingerprint density at radius 2 is 1.31 bits per heavy atom. The SMILES string of the molecule is NC(=O)O.NCC(=O)O.NCCO. The first-order valence-corrected chi connectivity index (χ1v) is 3.13. The molecule has 0 unspecified atom stereocenters. The Morgan fingerprint density at radius 3 is 1.31 bits per heavy atom. The van der Waals surface area contributed by atoms with Gasteiger partial charge in [-0.1, -0.05) is 0 Å². The fraction of sp³-hybridized carbons (Fsp3) is 0.600. The quantitative estimate of drug-likeness (QED) is 0.286. The van der Waals surface area contributed by atoms with Crippen molar-refractivity contribution in [1.82, 2.24) is 0 Å². The number of hydrogen-bond acceptors (Lipinski definition) is 5. The van der Waals surface area contributed by atoms with Gasteiger partial charge in [0.15, 0.2) is 0 Å². The number of aliphatic hydroxyl groups is 1. The average Bonchev–Trinajstić information content (AvgIpc) is 2.04. The van der Waals surface area contributed by atoms with Gasteiger partial charge in [0.2, 0.25) is 0 Å². The van der Waals surface area contributed by atoms with Gasteiger partial charge in [0.05, 0.1) is 13.2 Å². The number of rotatable bonds is 2. The average molecular weight is 197 g/mol. The molecule has 0 aromatic carbocycles. The van der Waals surface area contributed by atoms with E-state index in [1.165, 1.54) is 0 Å². The Hall–Kier alpha value is -1.38. The van der Waals surface area contributed by atoms with Crippen molar-refractivity contribution in [2.24, 2.45) is 17.2 Å². The molecule has 0 saturated carbocycles. The topological polar surface area (TPSA) is 173 Å². The van der Waals surface area contributed by atoms with E-state index in [0.717, 1.165) is 0 Å². The summed E-state index contributed by atoms with van der Waals surface area (Å²) in [6.07, 6.45) is -1.33. The number of nitrogens with two attached hydrogens (primary N) is 3. The van der Waals surface area contributed by atoms with E-state index < -0.39 is 12.1 Å². The van der Waals surface area contributed by atoms with Crippen LogP contribution in [0.5, 0.6) is 0 Å². The molecule has 0 rings (SSSR count). The van der Waals surface area contributed by atoms with Crippen molar-refractivity contribution in [2.45, 2.75) is 0 Å². The number of carboxylic acid groups (broad SMARTS) is 2. The number of hydrogen-bond donors (Lipinski definition) is 6. The molecule has 9 N–H and O–H groups in total. The maximum atomic E-state index is 9.24. The highest BCUT2D eigenvalue weighted by molar-refractivity contribution is 5.68. The Balaban J connectivity index is -0.000000117. The van der Waals surface area contributed by atoms with Crippen LogP contribution in [0.3, 0.4) is 0 Å². The minimum atomic E-state index is -1.33. The van der Waals surface area contributed by atoms with E-state index in [2.05, 4.69) is 11.5 Å². The van der Waals surface area contributed by atoms with Crippen molar-refractivity contribution in [1.29, 1.82) is 0 Å². The van der Waals surface area contributed by atoms with Crippen LogP contribution in [-0.4, -0.2) is 47.1 Å². The molecular weight excluding hydrogens is 182 g/mol. The molecule has 8 heteroatoms. The zero-order chi connectivity index (χ0) is 11.3. The maximum Gasteiger partial charge on any atom is 0.402 e. The second-order valence-electron chi connectivity index (χ2n) is 1.45. The lowest BCUT2D eigenvalue weighted by atomic mass is 10.7. The third-order valence-corrected chi connectivity index (χ3v) is 0.304. The summed E-state index contributed by atoms with van der Waals surface area (Å²) in [5.41, 5.74) is 13.4. The van der Waals surface area contributed by atoms with Crippen molar-refractivity contribution in [3.8, 4) is 0 Å². The molecule has 0 bridgehead atoms. The minimum Gasteiger partial charge on any atom is -0.480 e. The summed E-state index contributed by atoms with van der Waals surface area (Å²) in [5, 5.41) is 22.5. The van der Waals surface area contributed by atoms with Crippen molar-refractivity contribution in [3.63, 3.8) is 0 Å². The zero-order valence-electron chi connectivity index (χ0n) is 7.01. The first-order valence-electron chi connectivity index (χ1n) is 3.13. The van der Waals surface area contributed by atoms with Crippen LogP contribution in [0.25, 0.3) is 0 Å². The largest absolute Gasteiger partial charge is 0.480 e. The van der Waals surface area contributed by atoms with Gasteiger partial charge in [0, 0.05) is 6.54 Å². The predicted octanol–water partition coefficient (Wildman–Crippen LogP) is -2.41. The second kappa shape index (κ2) is 16.9. The molecule has 0 heterocycles. The summed E-state index contributed by atoms with van der Waals surface area (Å²) < 4.78 is 0. The van der Waals surface area contributed by atoms with Crippen LogP contribution in [0.4, 0.5) is 4.79 Å². The standard InChI is InChI=1S/C2H5NO2.C2H7NO.CH3NO2/c3-1-2(4)5;3-1-2-4;2-1(3)4/h1,3H2,(H,4,5);4H,1-3H2;2H2,(H,3,4). The van der Waals surface area contributed by atoms with Crippen LogP contribution >= 0.6 is 0 Å². The van der Waals surface area contributed by atoms with Crippen LogP contribution in [0.2, 0.25) is 0 Å². The molecule has 80 valence electrons. The summed E-state index contributed by atoms with van der Waals surface area (Å²) in [6, 6.07) is 0. The third-order valence-electron chi connectivity index (χ3n) is 0.304. The molecule has 0 aromatic rings. The molecule has 8 nitrogen and oxygen atoms in total. The van der Waals surface area contributed by atoms with Gasteiger partial charge in [0.1, 0.15) is 0 Å². The van der Waals surface area contributed by atoms with Gasteiger partial charge in [-0.25, -0.2) is 4.79 Å². The summed E-state index contributed by atoms with van der Waals surface area (Å²) in [6.45, 7) is 0.194. The summed E-state index contributed by atoms with van der Waals surface area (Å²) >= 11 is 0. The second-order valence-corrected chi connectivity index (χ2v) is 1.45. The highest BCUT2D eigenvalue weighted by Gasteiger charge is 1.81. The van der Waals surface area contributed by atoms with E-state index in [4.69, 9.17) is 25.8 Å². The van der Waals surface area contributed by atoms with E-state index in [9.17, 15) is 4.79 Å². The summed E-state index contributed by atoms with van der Waals surface area (Å²) in [4.78, 5) is 18.0. The van der Waals surface area contributed by atoms with E-state index >= 15 is 0 Å². The molecule has 0 aliphatic rings.